The van der Waals surface area contributed by atoms with E-state index < -0.39 is 0 Å². The van der Waals surface area contributed by atoms with Gasteiger partial charge in [-0.1, -0.05) is 19.1 Å². The number of likely N-dealkylation sites (tertiary alicyclic amines) is 1. The Balaban J connectivity index is 1.70. The zero-order valence-corrected chi connectivity index (χ0v) is 16.8. The molecule has 2 N–H and O–H groups in total. The van der Waals surface area contributed by atoms with E-state index in [1.807, 2.05) is 12.1 Å². The molecule has 1 aliphatic rings. The van der Waals surface area contributed by atoms with Crippen molar-refractivity contribution in [2.24, 2.45) is 10.9 Å². The fourth-order valence-electron chi connectivity index (χ4n) is 3.41. The van der Waals surface area contributed by atoms with Gasteiger partial charge in [-0.05, 0) is 75.9 Å². The molecule has 1 saturated heterocycles. The number of nitrogens with zero attached hydrogens (tertiary/aromatic N) is 2. The van der Waals surface area contributed by atoms with Crippen LogP contribution in [-0.2, 0) is 6.42 Å². The molecule has 1 aromatic rings. The molecule has 26 heavy (non-hydrogen) atoms. The van der Waals surface area contributed by atoms with E-state index in [0.29, 0.717) is 0 Å². The molecular weight excluding hydrogens is 324 g/mol. The molecule has 0 amide bonds. The minimum absolute atomic E-state index is 0.837. The molecule has 5 nitrogen and oxygen atoms in total. The second-order valence-electron chi connectivity index (χ2n) is 6.95. The maximum atomic E-state index is 5.20. The van der Waals surface area contributed by atoms with Gasteiger partial charge in [-0.3, -0.25) is 4.99 Å². The average Bonchev–Trinajstić information content (AvgIpc) is 2.69. The molecule has 146 valence electrons. The van der Waals surface area contributed by atoms with Crippen LogP contribution < -0.4 is 15.4 Å². The largest absolute Gasteiger partial charge is 0.497 e. The lowest BCUT2D eigenvalue weighted by atomic mass is 9.94. The third-order valence-corrected chi connectivity index (χ3v) is 5.17. The molecule has 0 radical (unpaired) electrons. The molecule has 0 aliphatic carbocycles. The highest BCUT2D eigenvalue weighted by Crippen LogP contribution is 2.20. The van der Waals surface area contributed by atoms with Crippen molar-refractivity contribution in [2.45, 2.75) is 39.5 Å². The van der Waals surface area contributed by atoms with E-state index in [4.69, 9.17) is 9.73 Å². The van der Waals surface area contributed by atoms with E-state index in [2.05, 4.69) is 41.5 Å². The Labute approximate surface area is 159 Å². The van der Waals surface area contributed by atoms with Crippen LogP contribution in [0.15, 0.2) is 29.3 Å². The van der Waals surface area contributed by atoms with Gasteiger partial charge in [-0.15, -0.1) is 0 Å². The van der Waals surface area contributed by atoms with Gasteiger partial charge in [0.05, 0.1) is 7.11 Å². The summed E-state index contributed by atoms with van der Waals surface area (Å²) < 4.78 is 5.20. The molecule has 2 rings (SSSR count). The Morgan fingerprint density at radius 3 is 2.50 bits per heavy atom. The second-order valence-corrected chi connectivity index (χ2v) is 6.95. The quantitative estimate of drug-likeness (QED) is 0.525. The SMILES string of the molecule is CCNC(=NCCC1CCN(CC)CC1)NCCc1ccc(OC)cc1. The predicted molar refractivity (Wildman–Crippen MR) is 110 cm³/mol. The van der Waals surface area contributed by atoms with Crippen LogP contribution in [0.3, 0.4) is 0 Å². The summed E-state index contributed by atoms with van der Waals surface area (Å²) in [5, 5.41) is 6.80. The van der Waals surface area contributed by atoms with E-state index in [1.165, 1.54) is 44.5 Å². The van der Waals surface area contributed by atoms with Crippen molar-refractivity contribution in [3.05, 3.63) is 29.8 Å². The second kappa shape index (κ2) is 11.8. The van der Waals surface area contributed by atoms with Crippen LogP contribution in [0.1, 0.15) is 38.7 Å². The Morgan fingerprint density at radius 2 is 1.88 bits per heavy atom. The fourth-order valence-corrected chi connectivity index (χ4v) is 3.41. The Kier molecular flexibility index (Phi) is 9.32. The highest BCUT2D eigenvalue weighted by molar-refractivity contribution is 5.79. The lowest BCUT2D eigenvalue weighted by Crippen LogP contribution is -2.38. The number of piperidine rings is 1. The monoisotopic (exact) mass is 360 g/mol. The van der Waals surface area contributed by atoms with Crippen LogP contribution >= 0.6 is 0 Å². The summed E-state index contributed by atoms with van der Waals surface area (Å²) in [6.07, 6.45) is 4.83. The molecule has 1 aliphatic heterocycles. The molecule has 0 atom stereocenters. The zero-order chi connectivity index (χ0) is 18.6. The highest BCUT2D eigenvalue weighted by Gasteiger charge is 2.17. The highest BCUT2D eigenvalue weighted by atomic mass is 16.5. The van der Waals surface area contributed by atoms with Gasteiger partial charge >= 0.3 is 0 Å². The first kappa shape index (κ1) is 20.6. The number of aliphatic imine (C=N–C) groups is 1. The molecule has 1 aromatic carbocycles. The predicted octanol–water partition coefficient (Wildman–Crippen LogP) is 2.91. The van der Waals surface area contributed by atoms with Gasteiger partial charge < -0.3 is 20.3 Å². The topological polar surface area (TPSA) is 48.9 Å². The minimum Gasteiger partial charge on any atom is -0.497 e. The molecule has 0 saturated carbocycles. The molecule has 0 bridgehead atoms. The van der Waals surface area contributed by atoms with Gasteiger partial charge in [-0.2, -0.15) is 0 Å². The third kappa shape index (κ3) is 7.24. The molecule has 1 heterocycles. The van der Waals surface area contributed by atoms with Crippen LogP contribution in [0.5, 0.6) is 5.75 Å². The number of rotatable bonds is 9. The number of hydrogen-bond donors (Lipinski definition) is 2. The first-order valence-electron chi connectivity index (χ1n) is 10.1. The van der Waals surface area contributed by atoms with Gasteiger partial charge in [0, 0.05) is 19.6 Å². The molecule has 0 spiro atoms. The summed E-state index contributed by atoms with van der Waals surface area (Å²) in [6, 6.07) is 8.26. The fraction of sp³-hybridized carbons (Fsp3) is 0.667. The average molecular weight is 361 g/mol. The first-order chi connectivity index (χ1) is 12.7. The molecule has 0 unspecified atom stereocenters. The Bertz CT molecular complexity index is 521. The van der Waals surface area contributed by atoms with Crippen LogP contribution in [-0.4, -0.2) is 57.2 Å². The van der Waals surface area contributed by atoms with Crippen molar-refractivity contribution < 1.29 is 4.74 Å². The first-order valence-corrected chi connectivity index (χ1v) is 10.1. The van der Waals surface area contributed by atoms with Crippen molar-refractivity contribution in [1.29, 1.82) is 0 Å². The smallest absolute Gasteiger partial charge is 0.191 e. The number of hydrogen-bond acceptors (Lipinski definition) is 3. The summed E-state index contributed by atoms with van der Waals surface area (Å²) in [4.78, 5) is 7.31. The molecule has 1 fully saturated rings. The molecule has 0 aromatic heterocycles. The number of ether oxygens (including phenoxy) is 1. The third-order valence-electron chi connectivity index (χ3n) is 5.17. The number of benzene rings is 1. The maximum Gasteiger partial charge on any atom is 0.191 e. The zero-order valence-electron chi connectivity index (χ0n) is 16.8. The van der Waals surface area contributed by atoms with Crippen molar-refractivity contribution in [2.75, 3.05) is 46.4 Å². The Hall–Kier alpha value is -1.75. The number of guanidine groups is 1. The van der Waals surface area contributed by atoms with E-state index >= 15 is 0 Å². The van der Waals surface area contributed by atoms with Gasteiger partial charge in [0.25, 0.3) is 0 Å². The van der Waals surface area contributed by atoms with E-state index in [1.54, 1.807) is 7.11 Å². The van der Waals surface area contributed by atoms with Crippen molar-refractivity contribution >= 4 is 5.96 Å². The summed E-state index contributed by atoms with van der Waals surface area (Å²) >= 11 is 0. The van der Waals surface area contributed by atoms with Gasteiger partial charge in [0.2, 0.25) is 0 Å². The summed E-state index contributed by atoms with van der Waals surface area (Å²) in [5.74, 6) is 2.68. The van der Waals surface area contributed by atoms with Gasteiger partial charge in [-0.25, -0.2) is 0 Å². The number of methoxy groups -OCH3 is 1. The summed E-state index contributed by atoms with van der Waals surface area (Å²) in [7, 11) is 1.70. The Morgan fingerprint density at radius 1 is 1.15 bits per heavy atom. The van der Waals surface area contributed by atoms with Crippen molar-refractivity contribution in [3.63, 3.8) is 0 Å². The molecular formula is C21H36N4O. The van der Waals surface area contributed by atoms with Crippen molar-refractivity contribution in [1.82, 2.24) is 15.5 Å². The minimum atomic E-state index is 0.837. The van der Waals surface area contributed by atoms with Crippen LogP contribution in [0.2, 0.25) is 0 Å². The standard InChI is InChI=1S/C21H36N4O/c1-4-22-21(23-14-10-18-6-8-20(26-3)9-7-18)24-15-11-19-12-16-25(5-2)17-13-19/h6-9,19H,4-5,10-17H2,1-3H3,(H2,22,23,24). The van der Waals surface area contributed by atoms with Gasteiger partial charge in [0.15, 0.2) is 5.96 Å². The lowest BCUT2D eigenvalue weighted by Gasteiger charge is -2.30. The summed E-state index contributed by atoms with van der Waals surface area (Å²) in [5.41, 5.74) is 1.30. The van der Waals surface area contributed by atoms with Crippen LogP contribution in [0.25, 0.3) is 0 Å². The van der Waals surface area contributed by atoms with Crippen molar-refractivity contribution in [3.8, 4) is 5.75 Å². The van der Waals surface area contributed by atoms with E-state index in [-0.39, 0.29) is 0 Å². The molecule has 5 heteroatoms. The number of nitrogens with one attached hydrogen (secondary N) is 2. The van der Waals surface area contributed by atoms with Crippen LogP contribution in [0.4, 0.5) is 0 Å². The lowest BCUT2D eigenvalue weighted by molar-refractivity contribution is 0.188. The van der Waals surface area contributed by atoms with Gasteiger partial charge in [0.1, 0.15) is 5.75 Å². The van der Waals surface area contributed by atoms with E-state index in [0.717, 1.165) is 43.7 Å². The normalized spacial score (nSPS) is 16.5. The maximum absolute atomic E-state index is 5.20. The van der Waals surface area contributed by atoms with E-state index in [9.17, 15) is 0 Å². The van der Waals surface area contributed by atoms with Crippen LogP contribution in [0, 0.1) is 5.92 Å². The summed E-state index contributed by atoms with van der Waals surface area (Å²) in [6.45, 7) is 10.8.